The van der Waals surface area contributed by atoms with Crippen molar-refractivity contribution >= 4 is 33.7 Å². The predicted octanol–water partition coefficient (Wildman–Crippen LogP) is 6.31. The normalized spacial score (nSPS) is 11.6. The van der Waals surface area contributed by atoms with E-state index in [9.17, 15) is 4.79 Å². The minimum Gasteiger partial charge on any atom is -0.410 e. The smallest absolute Gasteiger partial charge is 0.234 e. The van der Waals surface area contributed by atoms with E-state index in [1.165, 1.54) is 64.2 Å². The molecule has 0 saturated carbocycles. The zero-order chi connectivity index (χ0) is 30.7. The van der Waals surface area contributed by atoms with E-state index in [-0.39, 0.29) is 5.91 Å². The number of nitrogens with zero attached hydrogens (tertiary/aromatic N) is 4. The summed E-state index contributed by atoms with van der Waals surface area (Å²) in [5.74, 6) is 1.28. The Balaban J connectivity index is 1.28. The molecule has 240 valence electrons. The monoisotopic (exact) mass is 596 g/mol. The highest BCUT2D eigenvalue weighted by Crippen LogP contribution is 2.28. The molecule has 2 aromatic heterocycles. The van der Waals surface area contributed by atoms with Gasteiger partial charge in [0.05, 0.1) is 25.3 Å². The summed E-state index contributed by atoms with van der Waals surface area (Å²) in [7, 11) is 2.02. The van der Waals surface area contributed by atoms with Gasteiger partial charge in [-0.25, -0.2) is 9.97 Å². The van der Waals surface area contributed by atoms with Crippen LogP contribution in [0.3, 0.4) is 0 Å². The third kappa shape index (κ3) is 11.9. The molecule has 0 fully saturated rings. The van der Waals surface area contributed by atoms with Crippen LogP contribution in [0, 0.1) is 0 Å². The Morgan fingerprint density at radius 1 is 0.884 bits per heavy atom. The van der Waals surface area contributed by atoms with Crippen LogP contribution in [0.1, 0.15) is 103 Å². The van der Waals surface area contributed by atoms with E-state index < -0.39 is 0 Å². The highest BCUT2D eigenvalue weighted by Gasteiger charge is 2.18. The summed E-state index contributed by atoms with van der Waals surface area (Å²) >= 11 is 0. The lowest BCUT2D eigenvalue weighted by Crippen LogP contribution is -2.37. The summed E-state index contributed by atoms with van der Waals surface area (Å²) in [6, 6.07) is 7.90. The first-order valence-corrected chi connectivity index (χ1v) is 16.8. The van der Waals surface area contributed by atoms with Crippen molar-refractivity contribution in [3.63, 3.8) is 0 Å². The van der Waals surface area contributed by atoms with Gasteiger partial charge in [0.2, 0.25) is 5.91 Å². The van der Waals surface area contributed by atoms with Crippen LogP contribution in [0.2, 0.25) is 0 Å². The number of benzene rings is 1. The van der Waals surface area contributed by atoms with Crippen molar-refractivity contribution in [2.45, 2.75) is 104 Å². The fourth-order valence-electron chi connectivity index (χ4n) is 5.43. The maximum Gasteiger partial charge on any atom is 0.234 e. The summed E-state index contributed by atoms with van der Waals surface area (Å²) < 4.78 is 7.56. The molecule has 1 aromatic carbocycles. The number of aromatic nitrogens is 3. The average Bonchev–Trinajstić information content (AvgIpc) is 3.37. The number of unbranched alkanes of at least 4 members (excludes halogenated alkanes) is 11. The first kappa shape index (κ1) is 34.6. The number of hydrogen-bond donors (Lipinski definition) is 2. The van der Waals surface area contributed by atoms with Crippen molar-refractivity contribution in [1.29, 1.82) is 0 Å². The van der Waals surface area contributed by atoms with Crippen molar-refractivity contribution in [1.82, 2.24) is 24.9 Å². The lowest BCUT2D eigenvalue weighted by Gasteiger charge is -2.16. The highest BCUT2D eigenvalue weighted by molar-refractivity contribution is 6.06. The van der Waals surface area contributed by atoms with E-state index in [0.29, 0.717) is 44.2 Å². The third-order valence-electron chi connectivity index (χ3n) is 7.87. The largest absolute Gasteiger partial charge is 0.410 e. The first-order valence-electron chi connectivity index (χ1n) is 16.8. The van der Waals surface area contributed by atoms with Gasteiger partial charge in [0.25, 0.3) is 0 Å². The van der Waals surface area contributed by atoms with Gasteiger partial charge >= 0.3 is 0 Å². The molecule has 0 saturated heterocycles. The third-order valence-corrected chi connectivity index (χ3v) is 7.87. The molecule has 1 amide bonds. The quantitative estimate of drug-likeness (QED) is 0.117. The second-order valence-corrected chi connectivity index (χ2v) is 11.7. The van der Waals surface area contributed by atoms with Crippen LogP contribution in [0.5, 0.6) is 0 Å². The van der Waals surface area contributed by atoms with Gasteiger partial charge in [-0.15, -0.1) is 0 Å². The summed E-state index contributed by atoms with van der Waals surface area (Å²) in [5.41, 5.74) is 8.59. The molecule has 0 aliphatic carbocycles. The topological polar surface area (TPSA) is 108 Å². The Hall–Kier alpha value is -2.91. The van der Waals surface area contributed by atoms with Gasteiger partial charge in [-0.05, 0) is 32.5 Å². The second kappa shape index (κ2) is 20.1. The number of imidazole rings is 1. The maximum atomic E-state index is 12.3. The van der Waals surface area contributed by atoms with Crippen LogP contribution in [0.4, 0.5) is 5.82 Å². The first-order chi connectivity index (χ1) is 21.0. The van der Waals surface area contributed by atoms with Gasteiger partial charge in [0.1, 0.15) is 23.5 Å². The number of rotatable bonds is 24. The fraction of sp³-hybridized carbons (Fsp3) is 0.676. The second-order valence-electron chi connectivity index (χ2n) is 11.7. The number of likely N-dealkylation sites (N-methyl/N-ethyl adjacent to an activating group) is 1. The summed E-state index contributed by atoms with van der Waals surface area (Å²) in [6.07, 6.45) is 17.5. The molecule has 9 nitrogen and oxygen atoms in total. The Bertz CT molecular complexity index is 1210. The number of carbonyl (C=O) groups is 1. The Morgan fingerprint density at radius 2 is 1.56 bits per heavy atom. The minimum absolute atomic E-state index is 0.0361. The molecule has 0 radical (unpaired) electrons. The molecule has 0 aliphatic heterocycles. The van der Waals surface area contributed by atoms with E-state index in [1.54, 1.807) is 0 Å². The van der Waals surface area contributed by atoms with Gasteiger partial charge in [-0.2, -0.15) is 4.73 Å². The molecule has 43 heavy (non-hydrogen) atoms. The van der Waals surface area contributed by atoms with Gasteiger partial charge in [0.15, 0.2) is 5.82 Å². The number of nitrogens with two attached hydrogens (primary N) is 1. The summed E-state index contributed by atoms with van der Waals surface area (Å²) in [4.78, 5) is 29.9. The summed E-state index contributed by atoms with van der Waals surface area (Å²) in [6.45, 7) is 7.47. The van der Waals surface area contributed by atoms with Gasteiger partial charge < -0.3 is 20.6 Å². The Labute approximate surface area is 258 Å². The van der Waals surface area contributed by atoms with Crippen molar-refractivity contribution in [2.75, 3.05) is 52.2 Å². The lowest BCUT2D eigenvalue weighted by atomic mass is 10.1. The number of para-hydroxylation sites is 1. The van der Waals surface area contributed by atoms with E-state index in [1.807, 2.05) is 36.0 Å². The average molecular weight is 597 g/mol. The van der Waals surface area contributed by atoms with Crippen LogP contribution in [0.15, 0.2) is 24.3 Å². The van der Waals surface area contributed by atoms with Crippen LogP contribution in [-0.2, 0) is 16.0 Å². The molecule has 0 atom stereocenters. The van der Waals surface area contributed by atoms with E-state index in [0.717, 1.165) is 54.5 Å². The number of anilines is 1. The number of carbonyl (C=O) groups excluding carboxylic acids is 1. The maximum absolute atomic E-state index is 12.3. The number of hydrogen-bond acceptors (Lipinski definition) is 7. The van der Waals surface area contributed by atoms with Gasteiger partial charge in [0, 0.05) is 18.4 Å². The van der Waals surface area contributed by atoms with E-state index in [2.05, 4.69) is 29.0 Å². The molecule has 3 aromatic rings. The minimum atomic E-state index is 0.0361. The zero-order valence-corrected chi connectivity index (χ0v) is 27.0. The number of amides is 1. The van der Waals surface area contributed by atoms with Crippen LogP contribution in [-0.4, -0.2) is 72.0 Å². The number of aryl methyl sites for hydroxylation is 1. The molecule has 3 N–H and O–H groups in total. The number of fused-ring (bicyclic) bond motifs is 3. The van der Waals surface area contributed by atoms with Gasteiger partial charge in [-0.3, -0.25) is 9.69 Å². The van der Waals surface area contributed by atoms with Crippen molar-refractivity contribution < 1.29 is 14.4 Å². The van der Waals surface area contributed by atoms with Crippen LogP contribution in [0.25, 0.3) is 21.9 Å². The molecule has 0 aliphatic rings. The molecular weight excluding hydrogens is 540 g/mol. The van der Waals surface area contributed by atoms with Crippen LogP contribution < -0.4 is 15.9 Å². The summed E-state index contributed by atoms with van der Waals surface area (Å²) in [5, 5.41) is 3.92. The molecule has 9 heteroatoms. The molecule has 0 unspecified atom stereocenters. The Morgan fingerprint density at radius 3 is 2.28 bits per heavy atom. The zero-order valence-electron chi connectivity index (χ0n) is 27.0. The fourth-order valence-corrected chi connectivity index (χ4v) is 5.43. The highest BCUT2D eigenvalue weighted by atomic mass is 16.7. The van der Waals surface area contributed by atoms with Crippen molar-refractivity contribution in [3.05, 3.63) is 30.1 Å². The van der Waals surface area contributed by atoms with E-state index >= 15 is 0 Å². The number of nitrogens with one attached hydrogen (secondary N) is 1. The molecule has 2 heterocycles. The number of nitrogen functional groups attached to an aromatic ring is 1. The predicted molar refractivity (Wildman–Crippen MR) is 177 cm³/mol. The lowest BCUT2D eigenvalue weighted by molar-refractivity contribution is -0.122. The standard InChI is InChI=1S/C34H56N6O3/c1-4-6-8-9-10-11-12-13-14-15-18-23-39(3)27-31(41)36-22-24-42-25-26-43-40-30(21-7-5-2)38-32-33(40)28-19-16-17-20-29(28)37-34(32)35/h16-17,19-20H,4-15,18,21-27H2,1-3H3,(H2,35,37)(H,36,41). The molecular formula is C34H56N6O3. The van der Waals surface area contributed by atoms with Gasteiger partial charge in [-0.1, -0.05) is 103 Å². The molecule has 0 spiro atoms. The number of ether oxygens (including phenoxy) is 1. The SMILES string of the molecule is CCCCCCCCCCCCCN(C)CC(=O)NCCOCCOn1c(CCCC)nc2c(N)nc3ccccc3c21. The molecule has 3 rings (SSSR count). The molecule has 0 bridgehead atoms. The Kier molecular flexibility index (Phi) is 16.2. The number of pyridine rings is 1. The van der Waals surface area contributed by atoms with Crippen molar-refractivity contribution in [2.24, 2.45) is 0 Å². The van der Waals surface area contributed by atoms with E-state index in [4.69, 9.17) is 20.3 Å². The van der Waals surface area contributed by atoms with Crippen LogP contribution >= 0.6 is 0 Å². The van der Waals surface area contributed by atoms with Crippen molar-refractivity contribution in [3.8, 4) is 0 Å².